The first-order valence-electron chi connectivity index (χ1n) is 4.41. The maximum atomic E-state index is 11.7. The van der Waals surface area contributed by atoms with Crippen molar-refractivity contribution in [1.29, 1.82) is 0 Å². The Labute approximate surface area is 87.2 Å². The average molecular weight is 232 g/mol. The first-order chi connectivity index (χ1) is 6.62. The van der Waals surface area contributed by atoms with E-state index in [-0.39, 0.29) is 6.04 Å². The Morgan fingerprint density at radius 3 is 2.79 bits per heavy atom. The van der Waals surface area contributed by atoms with Crippen LogP contribution in [-0.2, 0) is 16.6 Å². The van der Waals surface area contributed by atoms with E-state index in [1.807, 2.05) is 0 Å². The van der Waals surface area contributed by atoms with E-state index < -0.39 is 10.0 Å². The molecule has 1 heterocycles. The molecule has 0 radical (unpaired) electrons. The van der Waals surface area contributed by atoms with Gasteiger partial charge >= 0.3 is 0 Å². The molecule has 3 N–H and O–H groups in total. The number of nitrogens with two attached hydrogens (primary N) is 1. The summed E-state index contributed by atoms with van der Waals surface area (Å²) in [7, 11) is -3.27. The zero-order valence-corrected chi connectivity index (χ0v) is 9.20. The van der Waals surface area contributed by atoms with Crippen LogP contribution in [0.3, 0.4) is 0 Å². The zero-order valence-electron chi connectivity index (χ0n) is 7.56. The quantitative estimate of drug-likeness (QED) is 0.800. The first kappa shape index (κ1) is 10.1. The molecule has 1 saturated carbocycles. The fourth-order valence-corrected chi connectivity index (χ4v) is 3.62. The molecule has 4 nitrogen and oxygen atoms in total. The maximum absolute atomic E-state index is 11.7. The number of hydrogen-bond acceptors (Lipinski definition) is 4. The Balaban J connectivity index is 2.19. The minimum absolute atomic E-state index is 0.156. The van der Waals surface area contributed by atoms with Crippen LogP contribution in [0.15, 0.2) is 15.7 Å². The fourth-order valence-electron chi connectivity index (χ4n) is 1.08. The smallest absolute Gasteiger partial charge is 0.250 e. The Hall–Kier alpha value is -0.430. The summed E-state index contributed by atoms with van der Waals surface area (Å²) >= 11 is 1.22. The third-order valence-corrected chi connectivity index (χ3v) is 5.04. The van der Waals surface area contributed by atoms with Crippen molar-refractivity contribution in [3.8, 4) is 0 Å². The molecule has 78 valence electrons. The van der Waals surface area contributed by atoms with Crippen LogP contribution in [0, 0.1) is 0 Å². The molecule has 1 aliphatic carbocycles. The number of hydrogen-bond donors (Lipinski definition) is 2. The molecule has 1 aromatic heterocycles. The summed E-state index contributed by atoms with van der Waals surface area (Å²) in [6, 6.07) is 1.79. The van der Waals surface area contributed by atoms with Crippen molar-refractivity contribution < 1.29 is 8.42 Å². The molecule has 1 aromatic rings. The third kappa shape index (κ3) is 2.14. The van der Waals surface area contributed by atoms with Crippen LogP contribution >= 0.6 is 11.3 Å². The highest BCUT2D eigenvalue weighted by molar-refractivity contribution is 7.91. The van der Waals surface area contributed by atoms with Crippen molar-refractivity contribution in [2.24, 2.45) is 5.73 Å². The van der Waals surface area contributed by atoms with Gasteiger partial charge in [-0.05, 0) is 29.9 Å². The molecule has 0 atom stereocenters. The van der Waals surface area contributed by atoms with Crippen LogP contribution in [0.1, 0.15) is 18.4 Å². The minimum Gasteiger partial charge on any atom is -0.326 e. The molecule has 0 bridgehead atoms. The van der Waals surface area contributed by atoms with Gasteiger partial charge in [0.05, 0.1) is 0 Å². The largest absolute Gasteiger partial charge is 0.326 e. The summed E-state index contributed by atoms with van der Waals surface area (Å²) in [5.41, 5.74) is 6.28. The van der Waals surface area contributed by atoms with Gasteiger partial charge in [0.1, 0.15) is 4.21 Å². The molecule has 0 amide bonds. The van der Waals surface area contributed by atoms with Gasteiger partial charge in [0, 0.05) is 12.6 Å². The van der Waals surface area contributed by atoms with E-state index in [0.717, 1.165) is 18.4 Å². The number of sulfonamides is 1. The lowest BCUT2D eigenvalue weighted by molar-refractivity contribution is 0.583. The van der Waals surface area contributed by atoms with Crippen LogP contribution in [0.25, 0.3) is 0 Å². The Morgan fingerprint density at radius 2 is 2.29 bits per heavy atom. The van der Waals surface area contributed by atoms with Gasteiger partial charge in [0.2, 0.25) is 10.0 Å². The summed E-state index contributed by atoms with van der Waals surface area (Å²) in [6.07, 6.45) is 1.91. The van der Waals surface area contributed by atoms with E-state index >= 15 is 0 Å². The molecule has 0 aliphatic heterocycles. The van der Waals surface area contributed by atoms with Gasteiger partial charge in [-0.25, -0.2) is 13.1 Å². The molecule has 1 fully saturated rings. The van der Waals surface area contributed by atoms with Gasteiger partial charge < -0.3 is 5.73 Å². The Bertz CT molecular complexity index is 420. The second kappa shape index (κ2) is 3.62. The topological polar surface area (TPSA) is 72.2 Å². The van der Waals surface area contributed by atoms with Crippen LogP contribution < -0.4 is 10.5 Å². The molecule has 0 aromatic carbocycles. The van der Waals surface area contributed by atoms with E-state index in [1.54, 1.807) is 11.4 Å². The maximum Gasteiger partial charge on any atom is 0.250 e. The minimum atomic E-state index is -3.27. The van der Waals surface area contributed by atoms with Gasteiger partial charge in [-0.2, -0.15) is 0 Å². The van der Waals surface area contributed by atoms with Crippen molar-refractivity contribution >= 4 is 21.4 Å². The lowest BCUT2D eigenvalue weighted by Gasteiger charge is -2.00. The monoisotopic (exact) mass is 232 g/mol. The van der Waals surface area contributed by atoms with E-state index in [2.05, 4.69) is 4.72 Å². The molecule has 14 heavy (non-hydrogen) atoms. The summed E-state index contributed by atoms with van der Waals surface area (Å²) in [6.45, 7) is 0.384. The molecule has 2 rings (SSSR count). The first-order valence-corrected chi connectivity index (χ1v) is 6.78. The van der Waals surface area contributed by atoms with Crippen molar-refractivity contribution in [1.82, 2.24) is 4.72 Å². The lowest BCUT2D eigenvalue weighted by atomic mass is 10.4. The average Bonchev–Trinajstić information content (AvgIpc) is 2.81. The predicted molar refractivity (Wildman–Crippen MR) is 55.6 cm³/mol. The van der Waals surface area contributed by atoms with Gasteiger partial charge in [-0.1, -0.05) is 0 Å². The summed E-state index contributed by atoms with van der Waals surface area (Å²) in [5.74, 6) is 0. The number of nitrogens with one attached hydrogen (secondary N) is 1. The normalized spacial score (nSPS) is 17.2. The van der Waals surface area contributed by atoms with E-state index in [4.69, 9.17) is 5.73 Å². The van der Waals surface area contributed by atoms with Crippen molar-refractivity contribution in [3.63, 3.8) is 0 Å². The number of thiophene rings is 1. The zero-order chi connectivity index (χ0) is 10.2. The van der Waals surface area contributed by atoms with Gasteiger partial charge in [-0.3, -0.25) is 0 Å². The third-order valence-electron chi connectivity index (χ3n) is 2.03. The van der Waals surface area contributed by atoms with Gasteiger partial charge in [-0.15, -0.1) is 11.3 Å². The van der Waals surface area contributed by atoms with Crippen LogP contribution in [0.5, 0.6) is 0 Å². The Kier molecular flexibility index (Phi) is 2.61. The molecule has 0 saturated heterocycles. The highest BCUT2D eigenvalue weighted by atomic mass is 32.2. The molecular formula is C8H12N2O2S2. The summed E-state index contributed by atoms with van der Waals surface area (Å²) in [4.78, 5) is 0. The van der Waals surface area contributed by atoms with Gasteiger partial charge in [0.25, 0.3) is 0 Å². The molecule has 0 unspecified atom stereocenters. The molecular weight excluding hydrogens is 220 g/mol. The summed E-state index contributed by atoms with van der Waals surface area (Å²) in [5, 5.41) is 1.78. The van der Waals surface area contributed by atoms with E-state index in [9.17, 15) is 8.42 Å². The molecule has 0 spiro atoms. The van der Waals surface area contributed by atoms with Gasteiger partial charge in [0.15, 0.2) is 0 Å². The SMILES string of the molecule is NCc1csc(S(=O)(=O)NC2CC2)c1. The molecule has 6 heteroatoms. The van der Waals surface area contributed by atoms with Crippen LogP contribution in [-0.4, -0.2) is 14.5 Å². The highest BCUT2D eigenvalue weighted by Gasteiger charge is 2.28. The van der Waals surface area contributed by atoms with E-state index in [1.165, 1.54) is 11.3 Å². The highest BCUT2D eigenvalue weighted by Crippen LogP contribution is 2.25. The lowest BCUT2D eigenvalue weighted by Crippen LogP contribution is -2.24. The summed E-state index contributed by atoms with van der Waals surface area (Å²) < 4.78 is 26.3. The van der Waals surface area contributed by atoms with Crippen LogP contribution in [0.4, 0.5) is 0 Å². The standard InChI is InChI=1S/C8H12N2O2S2/c9-4-6-3-8(13-5-6)14(11,12)10-7-1-2-7/h3,5,7,10H,1-2,4,9H2. The Morgan fingerprint density at radius 1 is 1.57 bits per heavy atom. The fraction of sp³-hybridized carbons (Fsp3) is 0.500. The second-order valence-corrected chi connectivity index (χ2v) is 6.23. The van der Waals surface area contributed by atoms with E-state index in [0.29, 0.717) is 10.8 Å². The molecule has 1 aliphatic rings. The van der Waals surface area contributed by atoms with Crippen molar-refractivity contribution in [2.75, 3.05) is 0 Å². The van der Waals surface area contributed by atoms with Crippen LogP contribution in [0.2, 0.25) is 0 Å². The number of rotatable bonds is 4. The second-order valence-electron chi connectivity index (χ2n) is 3.37. The van der Waals surface area contributed by atoms with Crippen molar-refractivity contribution in [2.45, 2.75) is 29.6 Å². The predicted octanol–water partition coefficient (Wildman–Crippen LogP) is 0.647. The van der Waals surface area contributed by atoms with Crippen molar-refractivity contribution in [3.05, 3.63) is 17.0 Å².